The van der Waals surface area contributed by atoms with E-state index in [1.807, 2.05) is 6.07 Å². The maximum Gasteiger partial charge on any atom is 0.261 e. The van der Waals surface area contributed by atoms with Crippen LogP contribution in [0, 0.1) is 0 Å². The van der Waals surface area contributed by atoms with Crippen molar-refractivity contribution >= 4 is 27.3 Å². The number of carbonyl (C=O) groups excluding carboxylic acids is 1. The molecule has 1 amide bonds. The summed E-state index contributed by atoms with van der Waals surface area (Å²) < 4.78 is 24.6. The maximum atomic E-state index is 12.3. The zero-order chi connectivity index (χ0) is 15.0. The number of carbonyl (C=O) groups is 1. The number of sulfonamides is 1. The molecule has 5 nitrogen and oxygen atoms in total. The molecule has 1 atom stereocenters. The highest BCUT2D eigenvalue weighted by atomic mass is 32.2. The molecule has 0 bridgehead atoms. The van der Waals surface area contributed by atoms with E-state index in [0.717, 1.165) is 30.6 Å². The minimum atomic E-state index is -3.17. The van der Waals surface area contributed by atoms with Gasteiger partial charge in [-0.2, -0.15) is 0 Å². The Morgan fingerprint density at radius 1 is 1.38 bits per heavy atom. The van der Waals surface area contributed by atoms with Gasteiger partial charge in [0, 0.05) is 24.0 Å². The Labute approximate surface area is 129 Å². The van der Waals surface area contributed by atoms with E-state index in [-0.39, 0.29) is 11.9 Å². The Morgan fingerprint density at radius 3 is 2.90 bits per heavy atom. The first-order valence-corrected chi connectivity index (χ1v) is 9.97. The van der Waals surface area contributed by atoms with Crippen molar-refractivity contribution in [2.45, 2.75) is 38.1 Å². The van der Waals surface area contributed by atoms with Gasteiger partial charge in [0.05, 0.1) is 11.1 Å². The van der Waals surface area contributed by atoms with Crippen molar-refractivity contribution in [2.75, 3.05) is 19.3 Å². The van der Waals surface area contributed by atoms with Crippen LogP contribution in [-0.2, 0) is 22.9 Å². The van der Waals surface area contributed by atoms with Gasteiger partial charge >= 0.3 is 0 Å². The lowest BCUT2D eigenvalue weighted by molar-refractivity contribution is 0.0925. The molecule has 0 aromatic carbocycles. The molecule has 2 heterocycles. The summed E-state index contributed by atoms with van der Waals surface area (Å²) in [5, 5.41) is 2.99. The number of hydrogen-bond donors (Lipinski definition) is 1. The lowest BCUT2D eigenvalue weighted by Gasteiger charge is -2.31. The molecule has 1 saturated heterocycles. The van der Waals surface area contributed by atoms with E-state index in [9.17, 15) is 13.2 Å². The molecular formula is C14H20N2O3S2. The Kier molecular flexibility index (Phi) is 4.07. The van der Waals surface area contributed by atoms with Gasteiger partial charge < -0.3 is 5.32 Å². The fraction of sp³-hybridized carbons (Fsp3) is 0.643. The van der Waals surface area contributed by atoms with Crippen LogP contribution in [0.15, 0.2) is 6.07 Å². The van der Waals surface area contributed by atoms with Gasteiger partial charge in [-0.25, -0.2) is 12.7 Å². The first kappa shape index (κ1) is 15.0. The molecule has 1 aliphatic carbocycles. The highest BCUT2D eigenvalue weighted by molar-refractivity contribution is 7.88. The van der Waals surface area contributed by atoms with Gasteiger partial charge in [0.25, 0.3) is 5.91 Å². The largest absolute Gasteiger partial charge is 0.347 e. The molecule has 1 unspecified atom stereocenters. The first-order chi connectivity index (χ1) is 9.93. The minimum absolute atomic E-state index is 0.0604. The summed E-state index contributed by atoms with van der Waals surface area (Å²) in [6.07, 6.45) is 6.20. The van der Waals surface area contributed by atoms with E-state index in [4.69, 9.17) is 0 Å². The van der Waals surface area contributed by atoms with Crippen molar-refractivity contribution in [1.82, 2.24) is 9.62 Å². The molecular weight excluding hydrogens is 308 g/mol. The van der Waals surface area contributed by atoms with E-state index in [0.29, 0.717) is 13.1 Å². The van der Waals surface area contributed by atoms with Crippen LogP contribution in [0.3, 0.4) is 0 Å². The van der Waals surface area contributed by atoms with Crippen molar-refractivity contribution in [3.05, 3.63) is 21.4 Å². The van der Waals surface area contributed by atoms with Crippen LogP contribution in [0.2, 0.25) is 0 Å². The number of fused-ring (bicyclic) bond motifs is 1. The van der Waals surface area contributed by atoms with Crippen LogP contribution in [0.1, 0.15) is 39.4 Å². The Hall–Kier alpha value is -0.920. The van der Waals surface area contributed by atoms with E-state index in [1.165, 1.54) is 27.4 Å². The topological polar surface area (TPSA) is 66.5 Å². The van der Waals surface area contributed by atoms with Crippen LogP contribution in [-0.4, -0.2) is 44.0 Å². The lowest BCUT2D eigenvalue weighted by Crippen LogP contribution is -2.49. The quantitative estimate of drug-likeness (QED) is 0.912. The summed E-state index contributed by atoms with van der Waals surface area (Å²) in [6.45, 7) is 0.939. The SMILES string of the molecule is CS(=O)(=O)N1CCCC(NC(=O)c2cc3c(s2)CCC3)C1. The molecule has 0 saturated carbocycles. The average molecular weight is 328 g/mol. The van der Waals surface area contributed by atoms with Gasteiger partial charge in [0.2, 0.25) is 10.0 Å². The smallest absolute Gasteiger partial charge is 0.261 e. The van der Waals surface area contributed by atoms with Crippen LogP contribution in [0.25, 0.3) is 0 Å². The van der Waals surface area contributed by atoms with Crippen LogP contribution < -0.4 is 5.32 Å². The molecule has 1 N–H and O–H groups in total. The molecule has 1 fully saturated rings. The van der Waals surface area contributed by atoms with Gasteiger partial charge in [-0.05, 0) is 43.7 Å². The number of rotatable bonds is 3. The van der Waals surface area contributed by atoms with Crippen molar-refractivity contribution in [3.8, 4) is 0 Å². The summed E-state index contributed by atoms with van der Waals surface area (Å²) in [6, 6.07) is 1.91. The van der Waals surface area contributed by atoms with Crippen molar-refractivity contribution in [1.29, 1.82) is 0 Å². The Balaban J connectivity index is 1.64. The molecule has 21 heavy (non-hydrogen) atoms. The lowest BCUT2D eigenvalue weighted by atomic mass is 10.1. The van der Waals surface area contributed by atoms with Crippen molar-refractivity contribution in [3.63, 3.8) is 0 Å². The molecule has 116 valence electrons. The predicted octanol–water partition coefficient (Wildman–Crippen LogP) is 1.39. The van der Waals surface area contributed by atoms with Crippen LogP contribution >= 0.6 is 11.3 Å². The average Bonchev–Trinajstić information content (AvgIpc) is 2.98. The molecule has 1 aliphatic heterocycles. The van der Waals surface area contributed by atoms with Crippen LogP contribution in [0.4, 0.5) is 0 Å². The van der Waals surface area contributed by atoms with Crippen molar-refractivity contribution < 1.29 is 13.2 Å². The molecule has 2 aliphatic rings. The third-order valence-electron chi connectivity index (χ3n) is 4.16. The maximum absolute atomic E-state index is 12.3. The first-order valence-electron chi connectivity index (χ1n) is 7.31. The van der Waals surface area contributed by atoms with E-state index in [2.05, 4.69) is 5.32 Å². The minimum Gasteiger partial charge on any atom is -0.347 e. The van der Waals surface area contributed by atoms with Gasteiger partial charge in [0.15, 0.2) is 0 Å². The predicted molar refractivity (Wildman–Crippen MR) is 83.2 cm³/mol. The molecule has 1 aromatic rings. The fourth-order valence-corrected chi connectivity index (χ4v) is 5.13. The van der Waals surface area contributed by atoms with Gasteiger partial charge in [0.1, 0.15) is 0 Å². The third kappa shape index (κ3) is 3.30. The number of thiophene rings is 1. The fourth-order valence-electron chi connectivity index (χ4n) is 3.06. The number of aryl methyl sites for hydroxylation is 2. The van der Waals surface area contributed by atoms with E-state index >= 15 is 0 Å². The molecule has 1 aromatic heterocycles. The zero-order valence-electron chi connectivity index (χ0n) is 12.1. The molecule has 7 heteroatoms. The second kappa shape index (κ2) is 5.70. The van der Waals surface area contributed by atoms with Gasteiger partial charge in [-0.1, -0.05) is 0 Å². The van der Waals surface area contributed by atoms with E-state index < -0.39 is 10.0 Å². The van der Waals surface area contributed by atoms with Gasteiger partial charge in [-0.3, -0.25) is 4.79 Å². The summed E-state index contributed by atoms with van der Waals surface area (Å²) in [7, 11) is -3.17. The third-order valence-corrected chi connectivity index (χ3v) is 6.66. The van der Waals surface area contributed by atoms with Crippen molar-refractivity contribution in [2.24, 2.45) is 0 Å². The Bertz CT molecular complexity index is 630. The van der Waals surface area contributed by atoms with Crippen LogP contribution in [0.5, 0.6) is 0 Å². The standard InChI is InChI=1S/C14H20N2O3S2/c1-21(18,19)16-7-3-5-11(9-16)15-14(17)13-8-10-4-2-6-12(10)20-13/h8,11H,2-7,9H2,1H3,(H,15,17). The zero-order valence-corrected chi connectivity index (χ0v) is 13.7. The number of nitrogens with zero attached hydrogens (tertiary/aromatic N) is 1. The second-order valence-corrected chi connectivity index (χ2v) is 8.97. The van der Waals surface area contributed by atoms with Gasteiger partial charge in [-0.15, -0.1) is 11.3 Å². The highest BCUT2D eigenvalue weighted by Gasteiger charge is 2.27. The number of amides is 1. The molecule has 0 radical (unpaired) electrons. The summed E-state index contributed by atoms with van der Waals surface area (Å²) in [5.74, 6) is -0.0604. The monoisotopic (exact) mass is 328 g/mol. The molecule has 0 spiro atoms. The second-order valence-electron chi connectivity index (χ2n) is 5.85. The number of hydrogen-bond acceptors (Lipinski definition) is 4. The number of piperidine rings is 1. The number of nitrogens with one attached hydrogen (secondary N) is 1. The van der Waals surface area contributed by atoms with E-state index in [1.54, 1.807) is 11.3 Å². The highest BCUT2D eigenvalue weighted by Crippen LogP contribution is 2.30. The normalized spacial score (nSPS) is 23.0. The summed E-state index contributed by atoms with van der Waals surface area (Å²) in [5.41, 5.74) is 1.31. The Morgan fingerprint density at radius 2 is 2.19 bits per heavy atom. The molecule has 3 rings (SSSR count). The summed E-state index contributed by atoms with van der Waals surface area (Å²) >= 11 is 1.58. The summed E-state index contributed by atoms with van der Waals surface area (Å²) in [4.78, 5) is 14.4.